The van der Waals surface area contributed by atoms with E-state index in [1.165, 1.54) is 0 Å². The predicted octanol–water partition coefficient (Wildman–Crippen LogP) is 2.69. The van der Waals surface area contributed by atoms with Gasteiger partial charge in [-0.05, 0) is 37.0 Å². The lowest BCUT2D eigenvalue weighted by molar-refractivity contribution is 0.207. The monoisotopic (exact) mass is 266 g/mol. The van der Waals surface area contributed by atoms with Crippen molar-refractivity contribution in [3.05, 3.63) is 23.2 Å². The van der Waals surface area contributed by atoms with Crippen LogP contribution in [0.4, 0.5) is 6.01 Å². The van der Waals surface area contributed by atoms with Gasteiger partial charge in [0.2, 0.25) is 0 Å². The lowest BCUT2D eigenvalue weighted by Gasteiger charge is -2.30. The van der Waals surface area contributed by atoms with E-state index in [0.29, 0.717) is 17.0 Å². The highest BCUT2D eigenvalue weighted by Gasteiger charge is 2.22. The molecular weight excluding hydrogens is 252 g/mol. The third kappa shape index (κ3) is 2.18. The molecule has 1 aliphatic rings. The average molecular weight is 267 g/mol. The number of nitrogens with zero attached hydrogens (tertiary/aromatic N) is 2. The van der Waals surface area contributed by atoms with Gasteiger partial charge in [-0.1, -0.05) is 11.6 Å². The number of aromatic nitrogens is 1. The lowest BCUT2D eigenvalue weighted by atomic mass is 10.00. The molecule has 3 rings (SSSR count). The number of fused-ring (bicyclic) bond motifs is 1. The molecular formula is C13H15ClN2O2. The van der Waals surface area contributed by atoms with Crippen molar-refractivity contribution < 1.29 is 9.52 Å². The fraction of sp³-hybridized carbons (Fsp3) is 0.462. The molecule has 1 aromatic carbocycles. The number of benzene rings is 1. The first-order valence-electron chi connectivity index (χ1n) is 6.18. The Bertz CT molecular complexity index is 555. The fourth-order valence-electron chi connectivity index (χ4n) is 2.41. The summed E-state index contributed by atoms with van der Waals surface area (Å²) in [5.41, 5.74) is 1.53. The molecule has 5 heteroatoms. The van der Waals surface area contributed by atoms with E-state index in [1.54, 1.807) is 12.1 Å². The van der Waals surface area contributed by atoms with Crippen molar-refractivity contribution in [3.63, 3.8) is 0 Å². The zero-order valence-corrected chi connectivity index (χ0v) is 10.7. The first-order valence-corrected chi connectivity index (χ1v) is 6.56. The zero-order valence-electron chi connectivity index (χ0n) is 9.97. The van der Waals surface area contributed by atoms with Crippen molar-refractivity contribution in [2.45, 2.75) is 12.8 Å². The number of rotatable bonds is 2. The van der Waals surface area contributed by atoms with Gasteiger partial charge in [-0.15, -0.1) is 0 Å². The molecule has 96 valence electrons. The first-order chi connectivity index (χ1) is 8.76. The summed E-state index contributed by atoms with van der Waals surface area (Å²) < 4.78 is 5.73. The highest BCUT2D eigenvalue weighted by molar-refractivity contribution is 6.31. The summed E-state index contributed by atoms with van der Waals surface area (Å²) in [6.07, 6.45) is 2.13. The predicted molar refractivity (Wildman–Crippen MR) is 71.0 cm³/mol. The van der Waals surface area contributed by atoms with Crippen molar-refractivity contribution in [1.82, 2.24) is 4.98 Å². The SMILES string of the molecule is OCC1CCCN(c2nc3cc(Cl)ccc3o2)C1. The summed E-state index contributed by atoms with van der Waals surface area (Å²) in [7, 11) is 0. The van der Waals surface area contributed by atoms with Gasteiger partial charge in [-0.2, -0.15) is 4.98 Å². The molecule has 0 saturated carbocycles. The molecule has 2 aromatic rings. The molecule has 0 radical (unpaired) electrons. The molecule has 1 unspecified atom stereocenters. The molecule has 2 heterocycles. The molecule has 18 heavy (non-hydrogen) atoms. The van der Waals surface area contributed by atoms with Crippen molar-refractivity contribution in [2.75, 3.05) is 24.6 Å². The molecule has 0 bridgehead atoms. The van der Waals surface area contributed by atoms with Crippen LogP contribution >= 0.6 is 11.6 Å². The highest BCUT2D eigenvalue weighted by atomic mass is 35.5. The van der Waals surface area contributed by atoms with Crippen LogP contribution in [-0.2, 0) is 0 Å². The van der Waals surface area contributed by atoms with Gasteiger partial charge in [0.1, 0.15) is 5.52 Å². The highest BCUT2D eigenvalue weighted by Crippen LogP contribution is 2.27. The minimum atomic E-state index is 0.225. The van der Waals surface area contributed by atoms with E-state index in [1.807, 2.05) is 6.07 Å². The molecule has 1 aromatic heterocycles. The Morgan fingerprint density at radius 2 is 2.39 bits per heavy atom. The van der Waals surface area contributed by atoms with Gasteiger partial charge in [-0.25, -0.2) is 0 Å². The van der Waals surface area contributed by atoms with E-state index in [4.69, 9.17) is 16.0 Å². The molecule has 0 spiro atoms. The average Bonchev–Trinajstić information content (AvgIpc) is 2.81. The van der Waals surface area contributed by atoms with Crippen molar-refractivity contribution in [2.24, 2.45) is 5.92 Å². The van der Waals surface area contributed by atoms with Gasteiger partial charge < -0.3 is 14.4 Å². The summed E-state index contributed by atoms with van der Waals surface area (Å²) >= 11 is 5.93. The van der Waals surface area contributed by atoms with Crippen LogP contribution in [0.25, 0.3) is 11.1 Å². The minimum absolute atomic E-state index is 0.225. The van der Waals surface area contributed by atoms with Crippen molar-refractivity contribution in [3.8, 4) is 0 Å². The molecule has 1 N–H and O–H groups in total. The van der Waals surface area contributed by atoms with Gasteiger partial charge in [0.25, 0.3) is 6.01 Å². The summed E-state index contributed by atoms with van der Waals surface area (Å²) in [5, 5.41) is 9.90. The number of hydrogen-bond acceptors (Lipinski definition) is 4. The fourth-order valence-corrected chi connectivity index (χ4v) is 2.58. The molecule has 0 aliphatic carbocycles. The number of halogens is 1. The van der Waals surface area contributed by atoms with E-state index < -0.39 is 0 Å². The minimum Gasteiger partial charge on any atom is -0.423 e. The Morgan fingerprint density at radius 3 is 3.22 bits per heavy atom. The topological polar surface area (TPSA) is 49.5 Å². The van der Waals surface area contributed by atoms with Crippen LogP contribution in [0, 0.1) is 5.92 Å². The standard InChI is InChI=1S/C13H15ClN2O2/c14-10-3-4-12-11(6-10)15-13(18-12)16-5-1-2-9(7-16)8-17/h3-4,6,9,17H,1-2,5,7-8H2. The quantitative estimate of drug-likeness (QED) is 0.908. The Morgan fingerprint density at radius 1 is 1.50 bits per heavy atom. The summed E-state index contributed by atoms with van der Waals surface area (Å²) in [6.45, 7) is 1.96. The van der Waals surface area contributed by atoms with Crippen LogP contribution in [0.2, 0.25) is 5.02 Å². The second-order valence-electron chi connectivity index (χ2n) is 4.75. The van der Waals surface area contributed by atoms with Gasteiger partial charge in [0.05, 0.1) is 0 Å². The maximum absolute atomic E-state index is 9.24. The van der Waals surface area contributed by atoms with Crippen LogP contribution in [-0.4, -0.2) is 29.8 Å². The van der Waals surface area contributed by atoms with Gasteiger partial charge in [0, 0.05) is 24.7 Å². The molecule has 1 aliphatic heterocycles. The van der Waals surface area contributed by atoms with E-state index >= 15 is 0 Å². The van der Waals surface area contributed by atoms with Crippen molar-refractivity contribution in [1.29, 1.82) is 0 Å². The summed E-state index contributed by atoms with van der Waals surface area (Å²) in [5.74, 6) is 0.317. The van der Waals surface area contributed by atoms with Crippen LogP contribution in [0.3, 0.4) is 0 Å². The maximum atomic E-state index is 9.24. The Kier molecular flexibility index (Phi) is 3.14. The molecule has 1 saturated heterocycles. The third-order valence-electron chi connectivity index (χ3n) is 3.39. The lowest BCUT2D eigenvalue weighted by Crippen LogP contribution is -2.36. The Balaban J connectivity index is 1.89. The maximum Gasteiger partial charge on any atom is 0.298 e. The van der Waals surface area contributed by atoms with Crippen LogP contribution in [0.5, 0.6) is 0 Å². The Hall–Kier alpha value is -1.26. The number of oxazole rings is 1. The van der Waals surface area contributed by atoms with Gasteiger partial charge >= 0.3 is 0 Å². The zero-order chi connectivity index (χ0) is 12.5. The largest absolute Gasteiger partial charge is 0.423 e. The van der Waals surface area contributed by atoms with Crippen LogP contribution in [0.15, 0.2) is 22.6 Å². The normalized spacial score (nSPS) is 20.6. The number of aliphatic hydroxyl groups excluding tert-OH is 1. The smallest absolute Gasteiger partial charge is 0.298 e. The number of anilines is 1. The van der Waals surface area contributed by atoms with Crippen molar-refractivity contribution >= 4 is 28.7 Å². The van der Waals surface area contributed by atoms with E-state index in [9.17, 15) is 5.11 Å². The second kappa shape index (κ2) is 4.78. The number of hydrogen-bond donors (Lipinski definition) is 1. The molecule has 4 nitrogen and oxygen atoms in total. The van der Waals surface area contributed by atoms with E-state index in [0.717, 1.165) is 37.0 Å². The molecule has 0 amide bonds. The third-order valence-corrected chi connectivity index (χ3v) is 3.62. The number of aliphatic hydroxyl groups is 1. The van der Waals surface area contributed by atoms with E-state index in [-0.39, 0.29) is 6.61 Å². The van der Waals surface area contributed by atoms with Gasteiger partial charge in [-0.3, -0.25) is 0 Å². The molecule has 1 fully saturated rings. The second-order valence-corrected chi connectivity index (χ2v) is 5.18. The number of piperidine rings is 1. The first kappa shape index (κ1) is 11.8. The summed E-state index contributed by atoms with van der Waals surface area (Å²) in [6, 6.07) is 6.07. The van der Waals surface area contributed by atoms with Crippen LogP contribution in [0.1, 0.15) is 12.8 Å². The van der Waals surface area contributed by atoms with Gasteiger partial charge in [0.15, 0.2) is 5.58 Å². The van der Waals surface area contributed by atoms with E-state index in [2.05, 4.69) is 9.88 Å². The molecule has 1 atom stereocenters. The van der Waals surface area contributed by atoms with Crippen LogP contribution < -0.4 is 4.90 Å². The summed E-state index contributed by atoms with van der Waals surface area (Å²) in [4.78, 5) is 6.55. The Labute approximate surface area is 110 Å².